The van der Waals surface area contributed by atoms with E-state index in [0.29, 0.717) is 26.2 Å². The fourth-order valence-electron chi connectivity index (χ4n) is 4.31. The molecule has 8 nitrogen and oxygen atoms in total. The van der Waals surface area contributed by atoms with Crippen LogP contribution in [-0.4, -0.2) is 145 Å². The quantitative estimate of drug-likeness (QED) is 0.0972. The normalized spacial score (nSPS) is 12.6. The second-order valence-corrected chi connectivity index (χ2v) is 9.35. The van der Waals surface area contributed by atoms with Crippen LogP contribution in [0, 0.1) is 0 Å². The van der Waals surface area contributed by atoms with Crippen molar-refractivity contribution in [2.75, 3.05) is 105 Å². The topological polar surface area (TPSA) is 93.9 Å². The van der Waals surface area contributed by atoms with Gasteiger partial charge in [-0.05, 0) is 77.8 Å². The molecule has 0 amide bonds. The molecule has 0 aliphatic carbocycles. The third-order valence-electron chi connectivity index (χ3n) is 6.29. The van der Waals surface area contributed by atoms with E-state index in [-0.39, 0.29) is 26.4 Å². The summed E-state index contributed by atoms with van der Waals surface area (Å²) >= 11 is 0. The molecule has 0 unspecified atom stereocenters. The summed E-state index contributed by atoms with van der Waals surface area (Å²) in [6.07, 6.45) is 15.5. The number of aliphatic hydroxyl groups excluding tert-OH is 4. The molecule has 4 N–H and O–H groups in total. The minimum atomic E-state index is 0.133. The molecule has 0 bridgehead atoms. The first-order chi connectivity index (χ1) is 17.6. The summed E-state index contributed by atoms with van der Waals surface area (Å²) in [4.78, 5) is 9.30. The van der Waals surface area contributed by atoms with E-state index in [1.54, 1.807) is 0 Å². The van der Waals surface area contributed by atoms with Crippen LogP contribution in [-0.2, 0) is 0 Å². The Morgan fingerprint density at radius 2 is 0.694 bits per heavy atom. The Morgan fingerprint density at radius 3 is 1.00 bits per heavy atom. The van der Waals surface area contributed by atoms with Gasteiger partial charge in [0.1, 0.15) is 0 Å². The zero-order valence-electron chi connectivity index (χ0n) is 23.4. The van der Waals surface area contributed by atoms with Crippen molar-refractivity contribution < 1.29 is 20.4 Å². The predicted molar refractivity (Wildman–Crippen MR) is 151 cm³/mol. The van der Waals surface area contributed by atoms with E-state index in [4.69, 9.17) is 0 Å². The van der Waals surface area contributed by atoms with E-state index in [1.807, 2.05) is 0 Å². The average Bonchev–Trinajstić information content (AvgIpc) is 2.86. The van der Waals surface area contributed by atoms with Gasteiger partial charge in [0.25, 0.3) is 0 Å². The molecule has 0 fully saturated rings. The molecular formula is C28H58N4O4. The monoisotopic (exact) mass is 514 g/mol. The molecule has 0 aromatic carbocycles. The summed E-state index contributed by atoms with van der Waals surface area (Å²) in [5.41, 5.74) is 0. The summed E-state index contributed by atoms with van der Waals surface area (Å²) in [6.45, 7) is 15.3. The van der Waals surface area contributed by atoms with Crippen molar-refractivity contribution in [3.05, 3.63) is 24.3 Å². The lowest BCUT2D eigenvalue weighted by atomic mass is 10.2. The maximum atomic E-state index is 9.23. The van der Waals surface area contributed by atoms with Crippen LogP contribution >= 0.6 is 0 Å². The molecule has 0 aromatic rings. The fraction of sp³-hybridized carbons (Fsp3) is 0.857. The first kappa shape index (κ1) is 35.2. The second kappa shape index (κ2) is 27.2. The zero-order valence-corrected chi connectivity index (χ0v) is 23.4. The third kappa shape index (κ3) is 21.3. The lowest BCUT2D eigenvalue weighted by molar-refractivity contribution is 0.152. The molecule has 0 spiro atoms. The third-order valence-corrected chi connectivity index (χ3v) is 6.29. The van der Waals surface area contributed by atoms with Gasteiger partial charge in [-0.25, -0.2) is 0 Å². The summed E-state index contributed by atoms with van der Waals surface area (Å²) in [6, 6.07) is 0. The molecule has 0 saturated heterocycles. The van der Waals surface area contributed by atoms with E-state index < -0.39 is 0 Å². The van der Waals surface area contributed by atoms with Gasteiger partial charge in [-0.3, -0.25) is 19.6 Å². The van der Waals surface area contributed by atoms with Crippen molar-refractivity contribution in [3.8, 4) is 0 Å². The van der Waals surface area contributed by atoms with Gasteiger partial charge >= 0.3 is 0 Å². The summed E-state index contributed by atoms with van der Waals surface area (Å²) in [7, 11) is 0. The Morgan fingerprint density at radius 1 is 0.389 bits per heavy atom. The van der Waals surface area contributed by atoms with Gasteiger partial charge in [0.15, 0.2) is 0 Å². The number of aliphatic hydroxyl groups is 4. The first-order valence-electron chi connectivity index (χ1n) is 14.3. The Kier molecular flexibility index (Phi) is 26.6. The van der Waals surface area contributed by atoms with Gasteiger partial charge in [0.05, 0.1) is 26.4 Å². The number of unbranched alkanes of at least 4 members (excludes halogenated alkanes) is 1. The Bertz CT molecular complexity index is 452. The molecule has 214 valence electrons. The first-order valence-corrected chi connectivity index (χ1v) is 14.3. The van der Waals surface area contributed by atoms with Crippen molar-refractivity contribution in [2.45, 2.75) is 52.4 Å². The molecular weight excluding hydrogens is 456 g/mol. The Labute approximate surface area is 221 Å². The number of hydrogen-bond acceptors (Lipinski definition) is 8. The number of hydrogen-bond donors (Lipinski definition) is 4. The maximum absolute atomic E-state index is 9.23. The van der Waals surface area contributed by atoms with Crippen molar-refractivity contribution in [2.24, 2.45) is 0 Å². The van der Waals surface area contributed by atoms with E-state index in [9.17, 15) is 20.4 Å². The molecule has 0 aliphatic rings. The smallest absolute Gasteiger partial charge is 0.0558 e. The summed E-state index contributed by atoms with van der Waals surface area (Å²) in [5, 5.41) is 36.9. The highest BCUT2D eigenvalue weighted by Crippen LogP contribution is 2.04. The van der Waals surface area contributed by atoms with E-state index in [2.05, 4.69) is 57.8 Å². The maximum Gasteiger partial charge on any atom is 0.0558 e. The van der Waals surface area contributed by atoms with Crippen LogP contribution in [0.2, 0.25) is 0 Å². The van der Waals surface area contributed by atoms with Crippen molar-refractivity contribution in [3.63, 3.8) is 0 Å². The fourth-order valence-corrected chi connectivity index (χ4v) is 4.31. The minimum Gasteiger partial charge on any atom is -0.395 e. The number of rotatable bonds is 27. The van der Waals surface area contributed by atoms with Crippen LogP contribution in [0.1, 0.15) is 52.4 Å². The number of nitrogens with zero attached hydrogens (tertiary/aromatic N) is 4. The molecule has 0 heterocycles. The van der Waals surface area contributed by atoms with Gasteiger partial charge in [-0.1, -0.05) is 38.2 Å². The number of allylic oxidation sites excluding steroid dienone is 2. The predicted octanol–water partition coefficient (Wildman–Crippen LogP) is 1.66. The van der Waals surface area contributed by atoms with Gasteiger partial charge in [-0.2, -0.15) is 0 Å². The minimum absolute atomic E-state index is 0.133. The largest absolute Gasteiger partial charge is 0.395 e. The van der Waals surface area contributed by atoms with Crippen LogP contribution in [0.3, 0.4) is 0 Å². The van der Waals surface area contributed by atoms with Crippen molar-refractivity contribution in [1.82, 2.24) is 19.6 Å². The van der Waals surface area contributed by atoms with Crippen molar-refractivity contribution >= 4 is 0 Å². The molecule has 0 atom stereocenters. The average molecular weight is 515 g/mol. The SMILES string of the molecule is CCC=CCN(CCCCN(CC=CCC)CCCN(CCO)CCO)CCCN(CCO)CCO. The molecule has 0 saturated carbocycles. The van der Waals surface area contributed by atoms with E-state index >= 15 is 0 Å². The highest BCUT2D eigenvalue weighted by Gasteiger charge is 2.09. The highest BCUT2D eigenvalue weighted by atomic mass is 16.3. The Balaban J connectivity index is 4.59. The van der Waals surface area contributed by atoms with Gasteiger partial charge in [0, 0.05) is 39.3 Å². The lowest BCUT2D eigenvalue weighted by Crippen LogP contribution is -2.35. The van der Waals surface area contributed by atoms with Crippen LogP contribution in [0.5, 0.6) is 0 Å². The molecule has 0 radical (unpaired) electrons. The lowest BCUT2D eigenvalue weighted by Gasteiger charge is -2.26. The molecule has 0 aliphatic heterocycles. The molecule has 0 aromatic heterocycles. The van der Waals surface area contributed by atoms with E-state index in [0.717, 1.165) is 90.9 Å². The van der Waals surface area contributed by atoms with Crippen LogP contribution in [0.4, 0.5) is 0 Å². The standard InChI is InChI=1S/C28H58N4O4/c1-3-5-7-13-29(17-11-19-31(21-25-33)22-26-34)15-9-10-16-30(14-8-6-4-2)18-12-20-32(23-27-35)24-28-36/h5-8,33-36H,3-4,9-28H2,1-2H3. The van der Waals surface area contributed by atoms with Crippen molar-refractivity contribution in [1.29, 1.82) is 0 Å². The van der Waals surface area contributed by atoms with Crippen LogP contribution < -0.4 is 0 Å². The van der Waals surface area contributed by atoms with Gasteiger partial charge < -0.3 is 20.4 Å². The van der Waals surface area contributed by atoms with Crippen LogP contribution in [0.15, 0.2) is 24.3 Å². The van der Waals surface area contributed by atoms with E-state index in [1.165, 1.54) is 0 Å². The molecule has 8 heteroatoms. The Hall–Kier alpha value is -0.840. The van der Waals surface area contributed by atoms with Crippen LogP contribution in [0.25, 0.3) is 0 Å². The summed E-state index contributed by atoms with van der Waals surface area (Å²) in [5.74, 6) is 0. The highest BCUT2D eigenvalue weighted by molar-refractivity contribution is 4.85. The summed E-state index contributed by atoms with van der Waals surface area (Å²) < 4.78 is 0. The molecule has 0 rings (SSSR count). The zero-order chi connectivity index (χ0) is 26.7. The van der Waals surface area contributed by atoms with Gasteiger partial charge in [-0.15, -0.1) is 0 Å². The van der Waals surface area contributed by atoms with Gasteiger partial charge in [0.2, 0.25) is 0 Å². The molecule has 36 heavy (non-hydrogen) atoms. The second-order valence-electron chi connectivity index (χ2n) is 9.35.